The van der Waals surface area contributed by atoms with Crippen LogP contribution >= 0.6 is 0 Å². The fourth-order valence-electron chi connectivity index (χ4n) is 8.01. The fourth-order valence-corrected chi connectivity index (χ4v) is 8.01. The number of carbonyl (C=O) groups excluding carboxylic acids is 2. The van der Waals surface area contributed by atoms with Gasteiger partial charge in [0.15, 0.2) is 0 Å². The summed E-state index contributed by atoms with van der Waals surface area (Å²) in [7, 11) is 1.72. The van der Waals surface area contributed by atoms with Crippen molar-refractivity contribution in [2.45, 2.75) is 227 Å². The standard InChI is InChI=1S/C52H96N2O5/c1-6-10-14-18-20-27-35-49(34-26-16-12-8-3)51(55)58-46-32-24-22-28-41-53(45-40-48-36-38-50(57-5)39-37-48)42-29-23-25-33-47-59-52(56)54(43-30-17-13-9-4)44-31-21-19-15-11-7-2/h36-39,49H,6-35,40-47H2,1-5H3. The second-order valence-electron chi connectivity index (χ2n) is 17.5. The van der Waals surface area contributed by atoms with E-state index in [2.05, 4.69) is 56.9 Å². The molecule has 0 fully saturated rings. The molecule has 1 atom stereocenters. The van der Waals surface area contributed by atoms with Crippen molar-refractivity contribution in [3.8, 4) is 5.75 Å². The first-order valence-electron chi connectivity index (χ1n) is 25.4. The van der Waals surface area contributed by atoms with Crippen LogP contribution in [0.3, 0.4) is 0 Å². The molecule has 0 saturated carbocycles. The van der Waals surface area contributed by atoms with Gasteiger partial charge in [-0.1, -0.05) is 181 Å². The molecule has 0 bridgehead atoms. The van der Waals surface area contributed by atoms with Gasteiger partial charge in [-0.05, 0) is 88.6 Å². The lowest BCUT2D eigenvalue weighted by Gasteiger charge is -2.23. The summed E-state index contributed by atoms with van der Waals surface area (Å²) in [5, 5.41) is 0. The van der Waals surface area contributed by atoms with Gasteiger partial charge in [-0.2, -0.15) is 0 Å². The van der Waals surface area contributed by atoms with Crippen LogP contribution in [0.1, 0.15) is 226 Å². The minimum Gasteiger partial charge on any atom is -0.497 e. The summed E-state index contributed by atoms with van der Waals surface area (Å²) < 4.78 is 17.0. The molecule has 344 valence electrons. The molecule has 0 heterocycles. The van der Waals surface area contributed by atoms with Crippen LogP contribution < -0.4 is 4.74 Å². The highest BCUT2D eigenvalue weighted by Crippen LogP contribution is 2.21. The molecule has 1 amide bonds. The lowest BCUT2D eigenvalue weighted by atomic mass is 9.94. The first-order valence-corrected chi connectivity index (χ1v) is 25.4. The molecule has 1 aromatic carbocycles. The Morgan fingerprint density at radius 3 is 1.39 bits per heavy atom. The minimum atomic E-state index is -0.108. The zero-order chi connectivity index (χ0) is 42.9. The Kier molecular flexibility index (Phi) is 38.1. The molecule has 59 heavy (non-hydrogen) atoms. The largest absolute Gasteiger partial charge is 0.497 e. The maximum atomic E-state index is 13.1. The number of unbranched alkanes of at least 4 members (excludes halogenated alkanes) is 22. The molecule has 7 heteroatoms. The molecule has 1 unspecified atom stereocenters. The summed E-state index contributed by atoms with van der Waals surface area (Å²) >= 11 is 0. The zero-order valence-corrected chi connectivity index (χ0v) is 39.7. The number of carbonyl (C=O) groups is 2. The van der Waals surface area contributed by atoms with Crippen molar-refractivity contribution in [2.24, 2.45) is 5.92 Å². The molecule has 0 aliphatic heterocycles. The van der Waals surface area contributed by atoms with Gasteiger partial charge in [0, 0.05) is 19.6 Å². The number of esters is 1. The van der Waals surface area contributed by atoms with Crippen molar-refractivity contribution in [1.29, 1.82) is 0 Å². The maximum absolute atomic E-state index is 13.1. The number of benzene rings is 1. The third kappa shape index (κ3) is 32.2. The minimum absolute atomic E-state index is 0.0567. The van der Waals surface area contributed by atoms with Gasteiger partial charge in [0.05, 0.1) is 26.2 Å². The Hall–Kier alpha value is -2.28. The average molecular weight is 829 g/mol. The highest BCUT2D eigenvalue weighted by molar-refractivity contribution is 5.72. The molecular weight excluding hydrogens is 733 g/mol. The third-order valence-electron chi connectivity index (χ3n) is 12.0. The molecule has 0 saturated heterocycles. The van der Waals surface area contributed by atoms with E-state index in [0.29, 0.717) is 13.2 Å². The molecule has 0 radical (unpaired) electrons. The van der Waals surface area contributed by atoms with Gasteiger partial charge in [-0.25, -0.2) is 4.79 Å². The number of amides is 1. The van der Waals surface area contributed by atoms with Crippen LogP contribution in [-0.2, 0) is 20.7 Å². The number of nitrogens with zero attached hydrogens (tertiary/aromatic N) is 2. The van der Waals surface area contributed by atoms with Crippen LogP contribution in [0.2, 0.25) is 0 Å². The number of hydrogen-bond acceptors (Lipinski definition) is 6. The monoisotopic (exact) mass is 829 g/mol. The van der Waals surface area contributed by atoms with E-state index in [-0.39, 0.29) is 18.0 Å². The van der Waals surface area contributed by atoms with E-state index < -0.39 is 0 Å². The first-order chi connectivity index (χ1) is 29.0. The van der Waals surface area contributed by atoms with Crippen molar-refractivity contribution in [3.05, 3.63) is 29.8 Å². The van der Waals surface area contributed by atoms with Crippen LogP contribution in [-0.4, -0.2) is 74.9 Å². The van der Waals surface area contributed by atoms with Gasteiger partial charge < -0.3 is 24.0 Å². The Morgan fingerprint density at radius 1 is 0.475 bits per heavy atom. The van der Waals surface area contributed by atoms with Crippen LogP contribution in [0.15, 0.2) is 24.3 Å². The number of hydrogen-bond donors (Lipinski definition) is 0. The van der Waals surface area contributed by atoms with E-state index in [1.54, 1.807) is 7.11 Å². The number of ether oxygens (including phenoxy) is 3. The lowest BCUT2D eigenvalue weighted by Crippen LogP contribution is -2.33. The van der Waals surface area contributed by atoms with Crippen molar-refractivity contribution in [2.75, 3.05) is 53.0 Å². The number of methoxy groups -OCH3 is 1. The normalized spacial score (nSPS) is 11.9. The van der Waals surface area contributed by atoms with Crippen molar-refractivity contribution >= 4 is 12.1 Å². The quantitative estimate of drug-likeness (QED) is 0.0482. The second-order valence-corrected chi connectivity index (χ2v) is 17.5. The van der Waals surface area contributed by atoms with Gasteiger partial charge in [0.25, 0.3) is 0 Å². The van der Waals surface area contributed by atoms with E-state index in [4.69, 9.17) is 14.2 Å². The zero-order valence-electron chi connectivity index (χ0n) is 39.7. The van der Waals surface area contributed by atoms with E-state index in [1.165, 1.54) is 108 Å². The molecule has 7 nitrogen and oxygen atoms in total. The molecule has 0 spiro atoms. The van der Waals surface area contributed by atoms with E-state index >= 15 is 0 Å². The molecule has 1 rings (SSSR count). The summed E-state index contributed by atoms with van der Waals surface area (Å²) in [4.78, 5) is 30.7. The first kappa shape index (κ1) is 54.7. The van der Waals surface area contributed by atoms with Crippen LogP contribution in [0.25, 0.3) is 0 Å². The summed E-state index contributed by atoms with van der Waals surface area (Å²) in [6, 6.07) is 8.48. The van der Waals surface area contributed by atoms with Crippen molar-refractivity contribution in [1.82, 2.24) is 9.80 Å². The van der Waals surface area contributed by atoms with Gasteiger partial charge in [0.1, 0.15) is 5.75 Å². The molecule has 0 aliphatic carbocycles. The Labute approximate surface area is 365 Å². The predicted molar refractivity (Wildman–Crippen MR) is 252 cm³/mol. The van der Waals surface area contributed by atoms with Crippen LogP contribution in [0, 0.1) is 5.92 Å². The summed E-state index contributed by atoms with van der Waals surface area (Å²) in [6.45, 7) is 15.0. The summed E-state index contributed by atoms with van der Waals surface area (Å²) in [5.41, 5.74) is 1.34. The molecule has 0 aliphatic rings. The lowest BCUT2D eigenvalue weighted by molar-refractivity contribution is -0.149. The van der Waals surface area contributed by atoms with Crippen LogP contribution in [0.5, 0.6) is 5.75 Å². The van der Waals surface area contributed by atoms with Gasteiger partial charge in [-0.15, -0.1) is 0 Å². The van der Waals surface area contributed by atoms with E-state index in [0.717, 1.165) is 135 Å². The molecule has 0 N–H and O–H groups in total. The van der Waals surface area contributed by atoms with Gasteiger partial charge in [0.2, 0.25) is 0 Å². The molecular formula is C52H96N2O5. The topological polar surface area (TPSA) is 68.3 Å². The predicted octanol–water partition coefficient (Wildman–Crippen LogP) is 14.9. The van der Waals surface area contributed by atoms with E-state index in [9.17, 15) is 9.59 Å². The Morgan fingerprint density at radius 2 is 0.881 bits per heavy atom. The van der Waals surface area contributed by atoms with Crippen molar-refractivity contribution in [3.63, 3.8) is 0 Å². The Balaban J connectivity index is 2.47. The maximum Gasteiger partial charge on any atom is 0.409 e. The average Bonchev–Trinajstić information content (AvgIpc) is 3.25. The highest BCUT2D eigenvalue weighted by atomic mass is 16.6. The second kappa shape index (κ2) is 41.1. The summed E-state index contributed by atoms with van der Waals surface area (Å²) in [6.07, 6.45) is 36.2. The summed E-state index contributed by atoms with van der Waals surface area (Å²) in [5.74, 6) is 1.04. The third-order valence-corrected chi connectivity index (χ3v) is 12.0. The highest BCUT2D eigenvalue weighted by Gasteiger charge is 2.19. The number of rotatable bonds is 43. The van der Waals surface area contributed by atoms with E-state index in [1.807, 2.05) is 4.90 Å². The van der Waals surface area contributed by atoms with Gasteiger partial charge >= 0.3 is 12.1 Å². The molecule has 0 aromatic heterocycles. The van der Waals surface area contributed by atoms with Crippen molar-refractivity contribution < 1.29 is 23.8 Å². The van der Waals surface area contributed by atoms with Gasteiger partial charge in [-0.3, -0.25) is 4.79 Å². The fraction of sp³-hybridized carbons (Fsp3) is 0.846. The SMILES string of the molecule is CCCCCCCCC(CCCCCC)C(=O)OCCCCCCN(CCCCCCOC(=O)N(CCCCCC)CCCCCCCC)CCc1ccc(OC)cc1. The smallest absolute Gasteiger partial charge is 0.409 e. The van der Waals surface area contributed by atoms with Crippen LogP contribution in [0.4, 0.5) is 4.79 Å². The molecule has 1 aromatic rings. The Bertz CT molecular complexity index is 1010.